The average molecular weight is 215 g/mol. The van der Waals surface area contributed by atoms with Gasteiger partial charge in [-0.2, -0.15) is 0 Å². The SMILES string of the molecule is CC(=O)N(C(C)C)C(CC(C)C)C(=O)O. The summed E-state index contributed by atoms with van der Waals surface area (Å²) in [6.07, 6.45) is 0.493. The number of carboxylic acid groups (broad SMARTS) is 1. The second-order valence-corrected chi connectivity index (χ2v) is 4.50. The second-order valence-electron chi connectivity index (χ2n) is 4.50. The van der Waals surface area contributed by atoms with E-state index in [1.165, 1.54) is 11.8 Å². The first-order chi connectivity index (χ1) is 6.77. The van der Waals surface area contributed by atoms with Crippen molar-refractivity contribution < 1.29 is 14.7 Å². The van der Waals surface area contributed by atoms with Crippen LogP contribution in [-0.2, 0) is 9.59 Å². The number of aliphatic carboxylic acids is 1. The van der Waals surface area contributed by atoms with E-state index in [0.29, 0.717) is 6.42 Å². The first kappa shape index (κ1) is 13.9. The van der Waals surface area contributed by atoms with Gasteiger partial charge in [-0.25, -0.2) is 4.79 Å². The van der Waals surface area contributed by atoms with Crippen LogP contribution in [0.4, 0.5) is 0 Å². The van der Waals surface area contributed by atoms with Crippen LogP contribution < -0.4 is 0 Å². The second kappa shape index (κ2) is 5.73. The summed E-state index contributed by atoms with van der Waals surface area (Å²) in [5.74, 6) is -0.850. The monoisotopic (exact) mass is 215 g/mol. The maximum atomic E-state index is 11.4. The predicted octanol–water partition coefficient (Wildman–Crippen LogP) is 1.74. The lowest BCUT2D eigenvalue weighted by atomic mass is 10.0. The number of rotatable bonds is 5. The minimum Gasteiger partial charge on any atom is -0.480 e. The van der Waals surface area contributed by atoms with Gasteiger partial charge in [-0.1, -0.05) is 13.8 Å². The van der Waals surface area contributed by atoms with Crippen LogP contribution in [-0.4, -0.2) is 34.0 Å². The fourth-order valence-electron chi connectivity index (χ4n) is 1.72. The molecule has 0 spiro atoms. The van der Waals surface area contributed by atoms with E-state index < -0.39 is 12.0 Å². The van der Waals surface area contributed by atoms with E-state index in [2.05, 4.69) is 0 Å². The number of amides is 1. The van der Waals surface area contributed by atoms with Gasteiger partial charge in [-0.05, 0) is 26.2 Å². The molecule has 0 saturated carbocycles. The molecule has 0 aromatic heterocycles. The van der Waals surface area contributed by atoms with Gasteiger partial charge in [0.25, 0.3) is 0 Å². The van der Waals surface area contributed by atoms with Crippen molar-refractivity contribution in [2.75, 3.05) is 0 Å². The quantitative estimate of drug-likeness (QED) is 0.760. The summed E-state index contributed by atoms with van der Waals surface area (Å²) in [6.45, 7) is 8.98. The van der Waals surface area contributed by atoms with Crippen LogP contribution in [0.5, 0.6) is 0 Å². The number of carbonyl (C=O) groups excluding carboxylic acids is 1. The number of hydrogen-bond acceptors (Lipinski definition) is 2. The number of carboxylic acids is 1. The molecule has 1 amide bonds. The van der Waals surface area contributed by atoms with Crippen molar-refractivity contribution in [3.63, 3.8) is 0 Å². The van der Waals surface area contributed by atoms with Crippen LogP contribution in [0.2, 0.25) is 0 Å². The molecule has 0 saturated heterocycles. The van der Waals surface area contributed by atoms with Crippen molar-refractivity contribution in [3.05, 3.63) is 0 Å². The number of carbonyl (C=O) groups is 2. The highest BCUT2D eigenvalue weighted by Gasteiger charge is 2.29. The summed E-state index contributed by atoms with van der Waals surface area (Å²) >= 11 is 0. The Hall–Kier alpha value is -1.06. The molecular formula is C11H21NO3. The lowest BCUT2D eigenvalue weighted by Crippen LogP contribution is -2.48. The highest BCUT2D eigenvalue weighted by Crippen LogP contribution is 2.15. The Kier molecular flexibility index (Phi) is 5.33. The van der Waals surface area contributed by atoms with Gasteiger partial charge in [0.2, 0.25) is 5.91 Å². The lowest BCUT2D eigenvalue weighted by molar-refractivity contribution is -0.151. The molecule has 0 aromatic carbocycles. The van der Waals surface area contributed by atoms with E-state index >= 15 is 0 Å². The van der Waals surface area contributed by atoms with Crippen LogP contribution in [0.1, 0.15) is 41.0 Å². The van der Waals surface area contributed by atoms with Gasteiger partial charge in [0.1, 0.15) is 6.04 Å². The van der Waals surface area contributed by atoms with Crippen LogP contribution in [0.3, 0.4) is 0 Å². The van der Waals surface area contributed by atoms with E-state index in [-0.39, 0.29) is 17.9 Å². The summed E-state index contributed by atoms with van der Waals surface area (Å²) in [5.41, 5.74) is 0. The summed E-state index contributed by atoms with van der Waals surface area (Å²) < 4.78 is 0. The molecule has 0 rings (SSSR count). The van der Waals surface area contributed by atoms with Crippen molar-refractivity contribution in [2.24, 2.45) is 5.92 Å². The molecule has 0 aliphatic rings. The molecule has 1 unspecified atom stereocenters. The zero-order valence-electron chi connectivity index (χ0n) is 10.2. The highest BCUT2D eigenvalue weighted by molar-refractivity contribution is 5.82. The molecule has 4 heteroatoms. The van der Waals surface area contributed by atoms with E-state index in [1.54, 1.807) is 0 Å². The Morgan fingerprint density at radius 1 is 1.20 bits per heavy atom. The molecule has 1 N–H and O–H groups in total. The molecule has 15 heavy (non-hydrogen) atoms. The van der Waals surface area contributed by atoms with Crippen LogP contribution in [0.25, 0.3) is 0 Å². The van der Waals surface area contributed by atoms with Crippen molar-refractivity contribution in [1.29, 1.82) is 0 Å². The van der Waals surface area contributed by atoms with Crippen LogP contribution in [0.15, 0.2) is 0 Å². The minimum atomic E-state index is -0.924. The minimum absolute atomic E-state index is 0.0812. The van der Waals surface area contributed by atoms with Gasteiger partial charge in [-0.3, -0.25) is 4.79 Å². The maximum Gasteiger partial charge on any atom is 0.326 e. The third-order valence-electron chi connectivity index (χ3n) is 2.24. The van der Waals surface area contributed by atoms with E-state index in [1.807, 2.05) is 27.7 Å². The average Bonchev–Trinajstić information content (AvgIpc) is 2.00. The summed E-state index contributed by atoms with van der Waals surface area (Å²) in [6, 6.07) is -0.787. The molecule has 0 bridgehead atoms. The van der Waals surface area contributed by atoms with Gasteiger partial charge in [0.15, 0.2) is 0 Å². The molecule has 4 nitrogen and oxygen atoms in total. The summed E-state index contributed by atoms with van der Waals surface area (Å²) in [4.78, 5) is 23.9. The van der Waals surface area contributed by atoms with Gasteiger partial charge in [0, 0.05) is 13.0 Å². The fraction of sp³-hybridized carbons (Fsp3) is 0.818. The molecule has 0 aliphatic heterocycles. The van der Waals surface area contributed by atoms with Crippen molar-refractivity contribution in [3.8, 4) is 0 Å². The first-order valence-corrected chi connectivity index (χ1v) is 5.29. The summed E-state index contributed by atoms with van der Waals surface area (Å²) in [7, 11) is 0. The molecule has 0 aliphatic carbocycles. The first-order valence-electron chi connectivity index (χ1n) is 5.29. The standard InChI is InChI=1S/C11H21NO3/c1-7(2)6-10(11(14)15)12(8(3)4)9(5)13/h7-8,10H,6H2,1-5H3,(H,14,15). The van der Waals surface area contributed by atoms with Gasteiger partial charge < -0.3 is 10.0 Å². The van der Waals surface area contributed by atoms with Crippen molar-refractivity contribution in [1.82, 2.24) is 4.90 Å². The third kappa shape index (κ3) is 4.32. The fourth-order valence-corrected chi connectivity index (χ4v) is 1.72. The third-order valence-corrected chi connectivity index (χ3v) is 2.24. The molecule has 0 heterocycles. The molecular weight excluding hydrogens is 194 g/mol. The number of nitrogens with zero attached hydrogens (tertiary/aromatic N) is 1. The number of hydrogen-bond donors (Lipinski definition) is 1. The van der Waals surface area contributed by atoms with Crippen LogP contribution in [0, 0.1) is 5.92 Å². The largest absolute Gasteiger partial charge is 0.480 e. The lowest BCUT2D eigenvalue weighted by Gasteiger charge is -2.32. The van der Waals surface area contributed by atoms with Gasteiger partial charge >= 0.3 is 5.97 Å². The summed E-state index contributed by atoms with van der Waals surface area (Å²) in [5, 5.41) is 9.10. The Morgan fingerprint density at radius 3 is 1.87 bits per heavy atom. The Labute approximate surface area is 91.3 Å². The predicted molar refractivity (Wildman–Crippen MR) is 58.5 cm³/mol. The highest BCUT2D eigenvalue weighted by atomic mass is 16.4. The van der Waals surface area contributed by atoms with E-state index in [9.17, 15) is 9.59 Å². The molecule has 0 radical (unpaired) electrons. The smallest absolute Gasteiger partial charge is 0.326 e. The Bertz CT molecular complexity index is 236. The molecule has 0 fully saturated rings. The molecule has 88 valence electrons. The maximum absolute atomic E-state index is 11.4. The topological polar surface area (TPSA) is 57.6 Å². The molecule has 1 atom stereocenters. The Balaban J connectivity index is 4.84. The van der Waals surface area contributed by atoms with Crippen molar-refractivity contribution >= 4 is 11.9 Å². The zero-order chi connectivity index (χ0) is 12.2. The van der Waals surface area contributed by atoms with E-state index in [4.69, 9.17) is 5.11 Å². The zero-order valence-corrected chi connectivity index (χ0v) is 10.2. The van der Waals surface area contributed by atoms with Gasteiger partial charge in [0.05, 0.1) is 0 Å². The Morgan fingerprint density at radius 2 is 1.67 bits per heavy atom. The normalized spacial score (nSPS) is 13.0. The van der Waals surface area contributed by atoms with Crippen LogP contribution >= 0.6 is 0 Å². The van der Waals surface area contributed by atoms with Gasteiger partial charge in [-0.15, -0.1) is 0 Å². The van der Waals surface area contributed by atoms with E-state index in [0.717, 1.165) is 0 Å². The molecule has 0 aromatic rings. The van der Waals surface area contributed by atoms with Crippen molar-refractivity contribution in [2.45, 2.75) is 53.1 Å².